The highest BCUT2D eigenvalue weighted by molar-refractivity contribution is 5.80. The van der Waals surface area contributed by atoms with E-state index in [0.29, 0.717) is 23.9 Å². The van der Waals surface area contributed by atoms with E-state index in [4.69, 9.17) is 10.5 Å². The standard InChI is InChI=1S/C15H24N2O2/c1-9(2)8-17-15(18)12(5)19-14-7-13(16)10(3)6-11(14)4/h6-7,9,12H,8,16H2,1-5H3,(H,17,18). The van der Waals surface area contributed by atoms with E-state index in [1.807, 2.05) is 19.9 Å². The summed E-state index contributed by atoms with van der Waals surface area (Å²) in [5, 5.41) is 2.85. The summed E-state index contributed by atoms with van der Waals surface area (Å²) in [5.74, 6) is 0.982. The molecule has 1 aromatic rings. The molecule has 0 heterocycles. The molecule has 0 saturated carbocycles. The molecule has 19 heavy (non-hydrogen) atoms. The van der Waals surface area contributed by atoms with Crippen LogP contribution in [0.15, 0.2) is 12.1 Å². The number of hydrogen-bond acceptors (Lipinski definition) is 3. The van der Waals surface area contributed by atoms with Crippen LogP contribution < -0.4 is 15.8 Å². The highest BCUT2D eigenvalue weighted by atomic mass is 16.5. The summed E-state index contributed by atoms with van der Waals surface area (Å²) in [6.45, 7) is 10.4. The van der Waals surface area contributed by atoms with Crippen molar-refractivity contribution in [1.82, 2.24) is 5.32 Å². The number of benzene rings is 1. The van der Waals surface area contributed by atoms with Gasteiger partial charge in [0.1, 0.15) is 5.75 Å². The first-order valence-corrected chi connectivity index (χ1v) is 6.62. The van der Waals surface area contributed by atoms with Crippen molar-refractivity contribution in [2.45, 2.75) is 40.7 Å². The summed E-state index contributed by atoms with van der Waals surface area (Å²) in [7, 11) is 0. The predicted octanol–water partition coefficient (Wildman–Crippen LogP) is 2.43. The molecular formula is C15H24N2O2. The Balaban J connectivity index is 2.69. The van der Waals surface area contributed by atoms with Gasteiger partial charge in [0.05, 0.1) is 0 Å². The second kappa shape index (κ2) is 6.45. The molecule has 0 aliphatic rings. The Labute approximate surface area is 115 Å². The lowest BCUT2D eigenvalue weighted by molar-refractivity contribution is -0.127. The number of carbonyl (C=O) groups is 1. The largest absolute Gasteiger partial charge is 0.481 e. The number of rotatable bonds is 5. The normalized spacial score (nSPS) is 12.3. The summed E-state index contributed by atoms with van der Waals surface area (Å²) in [4.78, 5) is 11.8. The Morgan fingerprint density at radius 3 is 2.47 bits per heavy atom. The lowest BCUT2D eigenvalue weighted by Gasteiger charge is -2.18. The molecule has 0 aliphatic heterocycles. The predicted molar refractivity (Wildman–Crippen MR) is 78.3 cm³/mol. The number of nitrogen functional groups attached to an aromatic ring is 1. The molecule has 4 heteroatoms. The molecule has 0 fully saturated rings. The van der Waals surface area contributed by atoms with Crippen molar-refractivity contribution in [3.05, 3.63) is 23.3 Å². The fourth-order valence-electron chi connectivity index (χ4n) is 1.67. The zero-order chi connectivity index (χ0) is 14.6. The van der Waals surface area contributed by atoms with E-state index in [0.717, 1.165) is 11.1 Å². The molecule has 1 aromatic carbocycles. The van der Waals surface area contributed by atoms with Crippen LogP contribution in [-0.4, -0.2) is 18.6 Å². The van der Waals surface area contributed by atoms with Gasteiger partial charge in [-0.15, -0.1) is 0 Å². The van der Waals surface area contributed by atoms with Crippen LogP contribution in [0.4, 0.5) is 5.69 Å². The third-order valence-corrected chi connectivity index (χ3v) is 2.92. The SMILES string of the molecule is Cc1cc(C)c(OC(C)C(=O)NCC(C)C)cc1N. The van der Waals surface area contributed by atoms with Crippen LogP contribution in [0, 0.1) is 19.8 Å². The number of aryl methyl sites for hydroxylation is 2. The van der Waals surface area contributed by atoms with Gasteiger partial charge in [0.25, 0.3) is 5.91 Å². The van der Waals surface area contributed by atoms with Crippen molar-refractivity contribution >= 4 is 11.6 Å². The van der Waals surface area contributed by atoms with Gasteiger partial charge in [-0.2, -0.15) is 0 Å². The maximum Gasteiger partial charge on any atom is 0.260 e. The fraction of sp³-hybridized carbons (Fsp3) is 0.533. The van der Waals surface area contributed by atoms with Gasteiger partial charge >= 0.3 is 0 Å². The first kappa shape index (κ1) is 15.3. The molecule has 0 radical (unpaired) electrons. The Hall–Kier alpha value is -1.71. The molecule has 3 N–H and O–H groups in total. The maximum absolute atomic E-state index is 11.8. The van der Waals surface area contributed by atoms with Crippen LogP contribution >= 0.6 is 0 Å². The van der Waals surface area contributed by atoms with Gasteiger partial charge < -0.3 is 15.8 Å². The zero-order valence-corrected chi connectivity index (χ0v) is 12.4. The van der Waals surface area contributed by atoms with Crippen molar-refractivity contribution in [2.24, 2.45) is 5.92 Å². The first-order chi connectivity index (χ1) is 8.81. The van der Waals surface area contributed by atoms with Crippen molar-refractivity contribution in [3.63, 3.8) is 0 Å². The molecule has 0 spiro atoms. The van der Waals surface area contributed by atoms with Crippen LogP contribution in [0.1, 0.15) is 31.9 Å². The van der Waals surface area contributed by atoms with Crippen molar-refractivity contribution < 1.29 is 9.53 Å². The van der Waals surface area contributed by atoms with Crippen LogP contribution in [0.5, 0.6) is 5.75 Å². The van der Waals surface area contributed by atoms with E-state index in [2.05, 4.69) is 19.2 Å². The van der Waals surface area contributed by atoms with E-state index in [1.165, 1.54) is 0 Å². The minimum absolute atomic E-state index is 0.104. The number of nitrogens with two attached hydrogens (primary N) is 1. The quantitative estimate of drug-likeness (QED) is 0.803. The summed E-state index contributed by atoms with van der Waals surface area (Å²) in [6.07, 6.45) is -0.528. The summed E-state index contributed by atoms with van der Waals surface area (Å²) < 4.78 is 5.68. The Morgan fingerprint density at radius 1 is 1.26 bits per heavy atom. The number of hydrogen-bond donors (Lipinski definition) is 2. The van der Waals surface area contributed by atoms with Crippen molar-refractivity contribution in [1.29, 1.82) is 0 Å². The molecule has 106 valence electrons. The third-order valence-electron chi connectivity index (χ3n) is 2.92. The van der Waals surface area contributed by atoms with E-state index in [9.17, 15) is 4.79 Å². The zero-order valence-electron chi connectivity index (χ0n) is 12.4. The number of amides is 1. The van der Waals surface area contributed by atoms with Gasteiger partial charge in [0.2, 0.25) is 0 Å². The molecule has 1 atom stereocenters. The second-order valence-corrected chi connectivity index (χ2v) is 5.37. The molecule has 1 rings (SSSR count). The Bertz CT molecular complexity index is 456. The lowest BCUT2D eigenvalue weighted by Crippen LogP contribution is -2.38. The van der Waals surface area contributed by atoms with Gasteiger partial charge in [0.15, 0.2) is 6.10 Å². The summed E-state index contributed by atoms with van der Waals surface area (Å²) in [6, 6.07) is 3.74. The molecule has 1 amide bonds. The molecule has 1 unspecified atom stereocenters. The monoisotopic (exact) mass is 264 g/mol. The van der Waals surface area contributed by atoms with Gasteiger partial charge in [-0.25, -0.2) is 0 Å². The van der Waals surface area contributed by atoms with E-state index < -0.39 is 6.10 Å². The second-order valence-electron chi connectivity index (χ2n) is 5.37. The number of anilines is 1. The van der Waals surface area contributed by atoms with Crippen LogP contribution in [0.25, 0.3) is 0 Å². The molecule has 0 aliphatic carbocycles. The van der Waals surface area contributed by atoms with Gasteiger partial charge in [-0.3, -0.25) is 4.79 Å². The van der Waals surface area contributed by atoms with Crippen molar-refractivity contribution in [2.75, 3.05) is 12.3 Å². The van der Waals surface area contributed by atoms with Crippen LogP contribution in [0.3, 0.4) is 0 Å². The summed E-state index contributed by atoms with van der Waals surface area (Å²) >= 11 is 0. The maximum atomic E-state index is 11.8. The smallest absolute Gasteiger partial charge is 0.260 e. The van der Waals surface area contributed by atoms with Gasteiger partial charge in [-0.1, -0.05) is 19.9 Å². The number of nitrogens with one attached hydrogen (secondary N) is 1. The van der Waals surface area contributed by atoms with Crippen LogP contribution in [-0.2, 0) is 4.79 Å². The Kier molecular flexibility index (Phi) is 5.21. The number of ether oxygens (including phenoxy) is 1. The van der Waals surface area contributed by atoms with Gasteiger partial charge in [-0.05, 0) is 37.8 Å². The highest BCUT2D eigenvalue weighted by Crippen LogP contribution is 2.25. The number of carbonyl (C=O) groups excluding carboxylic acids is 1. The molecule has 0 aromatic heterocycles. The lowest BCUT2D eigenvalue weighted by atomic mass is 10.1. The van der Waals surface area contributed by atoms with E-state index >= 15 is 0 Å². The average molecular weight is 264 g/mol. The third kappa shape index (κ3) is 4.47. The molecule has 4 nitrogen and oxygen atoms in total. The van der Waals surface area contributed by atoms with Crippen molar-refractivity contribution in [3.8, 4) is 5.75 Å². The minimum atomic E-state index is -0.528. The minimum Gasteiger partial charge on any atom is -0.481 e. The topological polar surface area (TPSA) is 64.3 Å². The van der Waals surface area contributed by atoms with Gasteiger partial charge in [0, 0.05) is 18.3 Å². The van der Waals surface area contributed by atoms with E-state index in [-0.39, 0.29) is 5.91 Å². The Morgan fingerprint density at radius 2 is 1.89 bits per heavy atom. The molecular weight excluding hydrogens is 240 g/mol. The highest BCUT2D eigenvalue weighted by Gasteiger charge is 2.16. The van der Waals surface area contributed by atoms with Crippen LogP contribution in [0.2, 0.25) is 0 Å². The fourth-order valence-corrected chi connectivity index (χ4v) is 1.67. The van der Waals surface area contributed by atoms with E-state index in [1.54, 1.807) is 13.0 Å². The average Bonchev–Trinajstić information content (AvgIpc) is 2.32. The first-order valence-electron chi connectivity index (χ1n) is 6.62. The molecule has 0 saturated heterocycles. The molecule has 0 bridgehead atoms. The summed E-state index contributed by atoms with van der Waals surface area (Å²) in [5.41, 5.74) is 8.53.